The summed E-state index contributed by atoms with van der Waals surface area (Å²) >= 11 is 0. The number of rotatable bonds is 2. The molecule has 0 spiro atoms. The largest absolute Gasteiger partial charge is 0.361 e. The number of benzene rings is 1. The summed E-state index contributed by atoms with van der Waals surface area (Å²) in [4.78, 5) is 7.45. The van der Waals surface area contributed by atoms with Gasteiger partial charge in [-0.05, 0) is 35.2 Å². The highest BCUT2D eigenvalue weighted by Gasteiger charge is 2.22. The van der Waals surface area contributed by atoms with Crippen LogP contribution in [0.3, 0.4) is 0 Å². The molecule has 0 unspecified atom stereocenters. The lowest BCUT2D eigenvalue weighted by atomic mass is 9.98. The van der Waals surface area contributed by atoms with E-state index >= 15 is 0 Å². The quantitative estimate of drug-likeness (QED) is 0.597. The fraction of sp³-hybridized carbons (Fsp3) is 0.158. The highest BCUT2D eigenvalue weighted by Crippen LogP contribution is 2.36. The molecular weight excluding hydrogens is 298 g/mol. The molecule has 1 aliphatic heterocycles. The zero-order chi connectivity index (χ0) is 15.9. The predicted molar refractivity (Wildman–Crippen MR) is 94.5 cm³/mol. The molecule has 0 amide bonds. The molecular formula is C19H17N5. The molecule has 4 aromatic rings. The second kappa shape index (κ2) is 5.32. The number of nitrogens with zero attached hydrogens (tertiary/aromatic N) is 3. The second-order valence-electron chi connectivity index (χ2n) is 6.09. The first-order valence-electron chi connectivity index (χ1n) is 8.18. The Morgan fingerprint density at radius 2 is 1.92 bits per heavy atom. The summed E-state index contributed by atoms with van der Waals surface area (Å²) in [7, 11) is 0. The Morgan fingerprint density at radius 1 is 1.00 bits per heavy atom. The minimum Gasteiger partial charge on any atom is -0.361 e. The van der Waals surface area contributed by atoms with Crippen LogP contribution < -0.4 is 5.32 Å². The summed E-state index contributed by atoms with van der Waals surface area (Å²) in [6, 6.07) is 12.7. The Kier molecular flexibility index (Phi) is 2.99. The van der Waals surface area contributed by atoms with Crippen LogP contribution in [0.2, 0.25) is 0 Å². The Balaban J connectivity index is 1.76. The number of nitrogens with one attached hydrogen (secondary N) is 2. The fourth-order valence-electron chi connectivity index (χ4n) is 3.47. The molecule has 0 atom stereocenters. The maximum absolute atomic E-state index is 4.93. The van der Waals surface area contributed by atoms with Crippen molar-refractivity contribution in [1.82, 2.24) is 25.1 Å². The van der Waals surface area contributed by atoms with Gasteiger partial charge in [0.2, 0.25) is 0 Å². The van der Waals surface area contributed by atoms with Gasteiger partial charge in [-0.1, -0.05) is 12.1 Å². The van der Waals surface area contributed by atoms with Crippen molar-refractivity contribution in [1.29, 1.82) is 0 Å². The third-order valence-electron chi connectivity index (χ3n) is 4.65. The van der Waals surface area contributed by atoms with Crippen LogP contribution in [-0.4, -0.2) is 26.3 Å². The van der Waals surface area contributed by atoms with Crippen molar-refractivity contribution in [2.75, 3.05) is 6.54 Å². The molecule has 5 nitrogen and oxygen atoms in total. The number of aromatic nitrogens is 4. The first kappa shape index (κ1) is 13.5. The summed E-state index contributed by atoms with van der Waals surface area (Å²) in [5.41, 5.74) is 6.92. The minimum atomic E-state index is 0.843. The van der Waals surface area contributed by atoms with Crippen LogP contribution in [0.1, 0.15) is 5.69 Å². The van der Waals surface area contributed by atoms with Gasteiger partial charge in [0.15, 0.2) is 0 Å². The van der Waals surface area contributed by atoms with Gasteiger partial charge in [0.25, 0.3) is 0 Å². The smallest absolute Gasteiger partial charge is 0.101 e. The number of H-pyrrole nitrogens is 1. The summed E-state index contributed by atoms with van der Waals surface area (Å²) in [5.74, 6) is 0. The van der Waals surface area contributed by atoms with Crippen LogP contribution in [0, 0.1) is 0 Å². The van der Waals surface area contributed by atoms with Gasteiger partial charge in [-0.15, -0.1) is 0 Å². The molecule has 4 heterocycles. The van der Waals surface area contributed by atoms with Gasteiger partial charge < -0.3 is 10.3 Å². The molecule has 0 saturated heterocycles. The third kappa shape index (κ3) is 2.06. The van der Waals surface area contributed by atoms with Crippen LogP contribution in [0.4, 0.5) is 0 Å². The highest BCUT2D eigenvalue weighted by molar-refractivity contribution is 5.89. The molecule has 0 radical (unpaired) electrons. The number of fused-ring (bicyclic) bond motifs is 2. The molecule has 0 fully saturated rings. The average molecular weight is 315 g/mol. The van der Waals surface area contributed by atoms with Gasteiger partial charge in [0.1, 0.15) is 5.69 Å². The van der Waals surface area contributed by atoms with Crippen molar-refractivity contribution in [3.8, 4) is 22.4 Å². The van der Waals surface area contributed by atoms with Crippen LogP contribution in [0.15, 0.2) is 55.0 Å². The van der Waals surface area contributed by atoms with Crippen LogP contribution in [-0.2, 0) is 13.1 Å². The first-order valence-corrected chi connectivity index (χ1v) is 8.18. The number of hydrogen-bond acceptors (Lipinski definition) is 3. The highest BCUT2D eigenvalue weighted by atomic mass is 15.3. The zero-order valence-corrected chi connectivity index (χ0v) is 13.2. The molecule has 118 valence electrons. The molecule has 0 bridgehead atoms. The topological polar surface area (TPSA) is 58.5 Å². The first-order chi connectivity index (χ1) is 11.9. The van der Waals surface area contributed by atoms with Crippen molar-refractivity contribution < 1.29 is 0 Å². The van der Waals surface area contributed by atoms with E-state index < -0.39 is 0 Å². The van der Waals surface area contributed by atoms with Crippen LogP contribution >= 0.6 is 0 Å². The molecule has 2 N–H and O–H groups in total. The van der Waals surface area contributed by atoms with Gasteiger partial charge in [-0.2, -0.15) is 5.10 Å². The second-order valence-corrected chi connectivity index (χ2v) is 6.09. The van der Waals surface area contributed by atoms with E-state index in [0.29, 0.717) is 0 Å². The van der Waals surface area contributed by atoms with Gasteiger partial charge in [0, 0.05) is 48.3 Å². The standard InChI is InChI=1S/C19H17N5/c1-2-15(11-16-13(1)5-8-22-16)19-18(14-3-6-20-7-4-14)17-12-21-9-10-24(17)23-19/h1-8,11,21-22H,9-10,12H2. The summed E-state index contributed by atoms with van der Waals surface area (Å²) in [6.07, 6.45) is 5.65. The Labute approximate surface area is 139 Å². The lowest BCUT2D eigenvalue weighted by molar-refractivity contribution is 0.477. The lowest BCUT2D eigenvalue weighted by Crippen LogP contribution is -2.28. The van der Waals surface area contributed by atoms with E-state index in [0.717, 1.165) is 42.0 Å². The van der Waals surface area contributed by atoms with Crippen molar-refractivity contribution in [2.45, 2.75) is 13.1 Å². The maximum atomic E-state index is 4.93. The van der Waals surface area contributed by atoms with Crippen LogP contribution in [0.5, 0.6) is 0 Å². The van der Waals surface area contributed by atoms with Gasteiger partial charge >= 0.3 is 0 Å². The van der Waals surface area contributed by atoms with Crippen molar-refractivity contribution >= 4 is 10.9 Å². The summed E-state index contributed by atoms with van der Waals surface area (Å²) in [5, 5.41) is 9.61. The monoisotopic (exact) mass is 315 g/mol. The van der Waals surface area contributed by atoms with E-state index in [1.165, 1.54) is 16.6 Å². The molecule has 1 aliphatic rings. The molecule has 5 rings (SSSR count). The third-order valence-corrected chi connectivity index (χ3v) is 4.65. The summed E-state index contributed by atoms with van der Waals surface area (Å²) < 4.78 is 2.14. The van der Waals surface area contributed by atoms with Crippen molar-refractivity contribution in [2.24, 2.45) is 0 Å². The Hall–Kier alpha value is -2.92. The molecule has 0 saturated carbocycles. The minimum absolute atomic E-state index is 0.843. The average Bonchev–Trinajstić information content (AvgIpc) is 3.26. The number of aromatic amines is 1. The van der Waals surface area contributed by atoms with Crippen LogP contribution in [0.25, 0.3) is 33.3 Å². The predicted octanol–water partition coefficient (Wildman–Crippen LogP) is 3.20. The van der Waals surface area contributed by atoms with Gasteiger partial charge in [-0.25, -0.2) is 0 Å². The van der Waals surface area contributed by atoms with E-state index in [2.05, 4.69) is 56.4 Å². The van der Waals surface area contributed by atoms with Crippen molar-refractivity contribution in [3.05, 3.63) is 60.7 Å². The Morgan fingerprint density at radius 3 is 2.83 bits per heavy atom. The van der Waals surface area contributed by atoms with Crippen molar-refractivity contribution in [3.63, 3.8) is 0 Å². The molecule has 5 heteroatoms. The Bertz CT molecular complexity index is 1010. The normalized spacial score (nSPS) is 14.0. The maximum Gasteiger partial charge on any atom is 0.101 e. The van der Waals surface area contributed by atoms with E-state index in [1.807, 2.05) is 18.6 Å². The van der Waals surface area contributed by atoms with Gasteiger partial charge in [-0.3, -0.25) is 9.67 Å². The van der Waals surface area contributed by atoms with E-state index in [-0.39, 0.29) is 0 Å². The molecule has 24 heavy (non-hydrogen) atoms. The fourth-order valence-corrected chi connectivity index (χ4v) is 3.47. The SMILES string of the molecule is c1cc(-c2c(-c3ccc4cc[nH]c4c3)nn3c2CNCC3)ccn1. The number of hydrogen-bond donors (Lipinski definition) is 2. The molecule has 1 aromatic carbocycles. The summed E-state index contributed by atoms with van der Waals surface area (Å²) in [6.45, 7) is 2.70. The van der Waals surface area contributed by atoms with Gasteiger partial charge in [0.05, 0.1) is 12.2 Å². The molecule has 0 aliphatic carbocycles. The van der Waals surface area contributed by atoms with E-state index in [1.54, 1.807) is 0 Å². The zero-order valence-electron chi connectivity index (χ0n) is 13.2. The molecule has 3 aromatic heterocycles. The van der Waals surface area contributed by atoms with E-state index in [4.69, 9.17) is 5.10 Å². The number of pyridine rings is 1. The van der Waals surface area contributed by atoms with E-state index in [9.17, 15) is 0 Å². The lowest BCUT2D eigenvalue weighted by Gasteiger charge is -2.16.